The van der Waals surface area contributed by atoms with Gasteiger partial charge < -0.3 is 5.32 Å². The van der Waals surface area contributed by atoms with Crippen LogP contribution < -0.4 is 16.3 Å². The summed E-state index contributed by atoms with van der Waals surface area (Å²) in [5, 5.41) is 19.3. The summed E-state index contributed by atoms with van der Waals surface area (Å²) in [6.07, 6.45) is 4.39. The van der Waals surface area contributed by atoms with Crippen molar-refractivity contribution in [2.24, 2.45) is 0 Å². The second-order valence-electron chi connectivity index (χ2n) is 5.21. The first-order chi connectivity index (χ1) is 10.7. The Morgan fingerprint density at radius 1 is 1.36 bits per heavy atom. The fourth-order valence-electron chi connectivity index (χ4n) is 2.05. The van der Waals surface area contributed by atoms with Crippen LogP contribution in [0.25, 0.3) is 0 Å². The van der Waals surface area contributed by atoms with Gasteiger partial charge in [-0.05, 0) is 31.4 Å². The van der Waals surface area contributed by atoms with E-state index >= 15 is 0 Å². The Hall–Kier alpha value is -2.71. The third-order valence-corrected chi connectivity index (χ3v) is 3.40. The van der Waals surface area contributed by atoms with Crippen LogP contribution in [0.15, 0.2) is 23.3 Å². The van der Waals surface area contributed by atoms with Crippen molar-refractivity contribution in [1.82, 2.24) is 30.3 Å². The first-order valence-corrected chi connectivity index (χ1v) is 7.20. The van der Waals surface area contributed by atoms with Crippen LogP contribution in [-0.2, 0) is 6.54 Å². The van der Waals surface area contributed by atoms with Gasteiger partial charge >= 0.3 is 11.7 Å². The highest BCUT2D eigenvalue weighted by molar-refractivity contribution is 5.87. The fraction of sp³-hybridized carbons (Fsp3) is 0.462. The van der Waals surface area contributed by atoms with Gasteiger partial charge in [0.1, 0.15) is 6.33 Å². The van der Waals surface area contributed by atoms with E-state index in [1.54, 1.807) is 6.07 Å². The number of aryl methyl sites for hydroxylation is 1. The molecule has 9 nitrogen and oxygen atoms in total. The normalized spacial score (nSPS) is 13.8. The number of nitrogens with one attached hydrogen (secondary N) is 3. The molecule has 2 heterocycles. The smallest absolute Gasteiger partial charge is 0.338 e. The molecule has 0 aliphatic heterocycles. The maximum Gasteiger partial charge on any atom is 0.343 e. The number of anilines is 1. The molecule has 1 saturated carbocycles. The molecule has 0 bridgehead atoms. The molecule has 3 N–H and O–H groups in total. The van der Waals surface area contributed by atoms with Crippen LogP contribution in [0.4, 0.5) is 10.6 Å². The van der Waals surface area contributed by atoms with Crippen LogP contribution in [0, 0.1) is 0 Å². The highest BCUT2D eigenvalue weighted by atomic mass is 16.2. The molecule has 0 saturated heterocycles. The Labute approximate surface area is 126 Å². The molecule has 116 valence electrons. The van der Waals surface area contributed by atoms with Gasteiger partial charge in [0.25, 0.3) is 0 Å². The molecule has 1 aliphatic carbocycles. The van der Waals surface area contributed by atoms with E-state index in [1.807, 2.05) is 6.07 Å². The zero-order valence-corrected chi connectivity index (χ0v) is 12.0. The molecule has 0 unspecified atom stereocenters. The van der Waals surface area contributed by atoms with Crippen molar-refractivity contribution in [1.29, 1.82) is 0 Å². The average molecular weight is 303 g/mol. The standard InChI is InChI=1S/C13H17N7O2/c21-12(14-6-1-7-20-8-15-19-13(20)22)16-11-5-4-10(17-18-11)9-2-3-9/h4-5,8-9H,1-3,6-7H2,(H,19,22)(H2,14,16,18,21). The third-order valence-electron chi connectivity index (χ3n) is 3.40. The molecule has 0 atom stereocenters. The van der Waals surface area contributed by atoms with Crippen molar-refractivity contribution in [3.8, 4) is 0 Å². The molecule has 1 fully saturated rings. The maximum atomic E-state index is 11.7. The fourth-order valence-corrected chi connectivity index (χ4v) is 2.05. The van der Waals surface area contributed by atoms with E-state index in [4.69, 9.17) is 0 Å². The third kappa shape index (κ3) is 3.68. The Bertz CT molecular complexity index is 687. The number of aromatic nitrogens is 5. The van der Waals surface area contributed by atoms with Crippen LogP contribution in [-0.4, -0.2) is 37.5 Å². The number of rotatable bonds is 6. The summed E-state index contributed by atoms with van der Waals surface area (Å²) < 4.78 is 1.45. The van der Waals surface area contributed by atoms with Gasteiger partial charge in [0.15, 0.2) is 5.82 Å². The minimum atomic E-state index is -0.340. The van der Waals surface area contributed by atoms with Gasteiger partial charge in [-0.1, -0.05) is 0 Å². The summed E-state index contributed by atoms with van der Waals surface area (Å²) in [5.74, 6) is 0.967. The molecule has 0 spiro atoms. The molecule has 2 aromatic heterocycles. The number of carbonyl (C=O) groups is 1. The van der Waals surface area contributed by atoms with Crippen LogP contribution in [0.5, 0.6) is 0 Å². The topological polar surface area (TPSA) is 118 Å². The molecule has 22 heavy (non-hydrogen) atoms. The summed E-state index contributed by atoms with van der Waals surface area (Å²) in [6, 6.07) is 3.31. The molecule has 1 aliphatic rings. The Kier molecular flexibility index (Phi) is 4.12. The Balaban J connectivity index is 1.38. The number of urea groups is 1. The first kappa shape index (κ1) is 14.2. The van der Waals surface area contributed by atoms with Gasteiger partial charge in [0.2, 0.25) is 0 Å². The zero-order chi connectivity index (χ0) is 15.4. The van der Waals surface area contributed by atoms with Crippen molar-refractivity contribution in [2.45, 2.75) is 31.7 Å². The molecule has 2 aromatic rings. The molecule has 0 radical (unpaired) electrons. The van der Waals surface area contributed by atoms with Crippen molar-refractivity contribution < 1.29 is 4.79 Å². The van der Waals surface area contributed by atoms with Gasteiger partial charge in [0.05, 0.1) is 5.69 Å². The van der Waals surface area contributed by atoms with Crippen LogP contribution in [0.2, 0.25) is 0 Å². The number of amides is 2. The minimum absolute atomic E-state index is 0.254. The number of hydrogen-bond acceptors (Lipinski definition) is 5. The first-order valence-electron chi connectivity index (χ1n) is 7.20. The van der Waals surface area contributed by atoms with E-state index < -0.39 is 0 Å². The van der Waals surface area contributed by atoms with Crippen molar-refractivity contribution >= 4 is 11.8 Å². The van der Waals surface area contributed by atoms with Gasteiger partial charge in [0, 0.05) is 19.0 Å². The predicted molar refractivity (Wildman–Crippen MR) is 78.5 cm³/mol. The minimum Gasteiger partial charge on any atom is -0.338 e. The van der Waals surface area contributed by atoms with Gasteiger partial charge in [-0.15, -0.1) is 5.10 Å². The Morgan fingerprint density at radius 2 is 2.23 bits per heavy atom. The molecule has 9 heteroatoms. The van der Waals surface area contributed by atoms with E-state index in [0.29, 0.717) is 31.2 Å². The average Bonchev–Trinajstić information content (AvgIpc) is 3.28. The second kappa shape index (κ2) is 6.37. The molecular formula is C13H17N7O2. The maximum absolute atomic E-state index is 11.7. The van der Waals surface area contributed by atoms with Crippen LogP contribution >= 0.6 is 0 Å². The van der Waals surface area contributed by atoms with Crippen molar-refractivity contribution in [2.75, 3.05) is 11.9 Å². The van der Waals surface area contributed by atoms with E-state index in [2.05, 4.69) is 31.0 Å². The van der Waals surface area contributed by atoms with Crippen molar-refractivity contribution in [3.63, 3.8) is 0 Å². The molecular weight excluding hydrogens is 286 g/mol. The Morgan fingerprint density at radius 3 is 2.86 bits per heavy atom. The summed E-state index contributed by atoms with van der Waals surface area (Å²) in [4.78, 5) is 22.9. The summed E-state index contributed by atoms with van der Waals surface area (Å²) in [7, 11) is 0. The SMILES string of the molecule is O=C(NCCCn1cn[nH]c1=O)Nc1ccc(C2CC2)nn1. The van der Waals surface area contributed by atoms with Gasteiger partial charge in [-0.3, -0.25) is 9.88 Å². The summed E-state index contributed by atoms with van der Waals surface area (Å²) in [5.41, 5.74) is 0.729. The lowest BCUT2D eigenvalue weighted by atomic mass is 10.3. The number of aromatic amines is 1. The zero-order valence-electron chi connectivity index (χ0n) is 12.0. The predicted octanol–water partition coefficient (Wildman–Crippen LogP) is 0.451. The highest BCUT2D eigenvalue weighted by Crippen LogP contribution is 2.38. The quantitative estimate of drug-likeness (QED) is 0.670. The van der Waals surface area contributed by atoms with Crippen molar-refractivity contribution in [3.05, 3.63) is 34.6 Å². The number of hydrogen-bond donors (Lipinski definition) is 3. The number of nitrogens with zero attached hydrogens (tertiary/aromatic N) is 4. The molecule has 0 aromatic carbocycles. The summed E-state index contributed by atoms with van der Waals surface area (Å²) >= 11 is 0. The lowest BCUT2D eigenvalue weighted by Crippen LogP contribution is -2.31. The largest absolute Gasteiger partial charge is 0.343 e. The lowest BCUT2D eigenvalue weighted by Gasteiger charge is -2.07. The summed E-state index contributed by atoms with van der Waals surface area (Å²) in [6.45, 7) is 0.933. The highest BCUT2D eigenvalue weighted by Gasteiger charge is 2.25. The van der Waals surface area contributed by atoms with Crippen LogP contribution in [0.1, 0.15) is 30.9 Å². The van der Waals surface area contributed by atoms with Gasteiger partial charge in [-0.25, -0.2) is 14.7 Å². The number of H-pyrrole nitrogens is 1. The monoisotopic (exact) mass is 303 g/mol. The number of carbonyl (C=O) groups excluding carboxylic acids is 1. The molecule has 2 amide bonds. The lowest BCUT2D eigenvalue weighted by molar-refractivity contribution is 0.251. The van der Waals surface area contributed by atoms with E-state index in [9.17, 15) is 9.59 Å². The van der Waals surface area contributed by atoms with Gasteiger partial charge in [-0.2, -0.15) is 10.2 Å². The molecule has 3 rings (SSSR count). The van der Waals surface area contributed by atoms with E-state index in [0.717, 1.165) is 5.69 Å². The van der Waals surface area contributed by atoms with E-state index in [-0.39, 0.29) is 11.7 Å². The van der Waals surface area contributed by atoms with E-state index in [1.165, 1.54) is 23.7 Å². The van der Waals surface area contributed by atoms with Crippen LogP contribution in [0.3, 0.4) is 0 Å². The second-order valence-corrected chi connectivity index (χ2v) is 5.21.